The van der Waals surface area contributed by atoms with Crippen molar-refractivity contribution in [1.82, 2.24) is 9.88 Å². The number of carbonyl (C=O) groups is 1. The fourth-order valence-electron chi connectivity index (χ4n) is 3.60. The van der Waals surface area contributed by atoms with Gasteiger partial charge in [-0.2, -0.15) is 5.26 Å². The van der Waals surface area contributed by atoms with Gasteiger partial charge in [0.2, 0.25) is 6.79 Å². The Bertz CT molecular complexity index is 1290. The predicted octanol–water partition coefficient (Wildman–Crippen LogP) is 5.35. The highest BCUT2D eigenvalue weighted by atomic mass is 35.5. The van der Waals surface area contributed by atoms with Crippen LogP contribution in [0.5, 0.6) is 11.5 Å². The summed E-state index contributed by atoms with van der Waals surface area (Å²) in [5.74, 6) is 0.850. The van der Waals surface area contributed by atoms with Gasteiger partial charge in [0.05, 0.1) is 15.7 Å². The monoisotopic (exact) mass is 467 g/mol. The molecule has 0 spiro atoms. The molecule has 1 aromatic heterocycles. The van der Waals surface area contributed by atoms with Crippen LogP contribution in [0, 0.1) is 25.2 Å². The zero-order valence-electron chi connectivity index (χ0n) is 17.4. The minimum Gasteiger partial charge on any atom is -0.454 e. The molecule has 0 unspecified atom stereocenters. The Hall–Kier alpha value is -3.40. The molecular weight excluding hydrogens is 449 g/mol. The number of fused-ring (bicyclic) bond motifs is 1. The van der Waals surface area contributed by atoms with Crippen molar-refractivity contribution < 1.29 is 14.3 Å². The number of nitrogens with one attached hydrogen (secondary N) is 1. The Balaban J connectivity index is 1.56. The Morgan fingerprint density at radius 2 is 1.97 bits per heavy atom. The minimum atomic E-state index is -0.462. The first kappa shape index (κ1) is 21.8. The highest BCUT2D eigenvalue weighted by Crippen LogP contribution is 2.33. The van der Waals surface area contributed by atoms with E-state index in [2.05, 4.69) is 5.32 Å². The molecule has 0 saturated heterocycles. The second-order valence-corrected chi connectivity index (χ2v) is 8.06. The van der Waals surface area contributed by atoms with Gasteiger partial charge < -0.3 is 19.4 Å². The quantitative estimate of drug-likeness (QED) is 0.405. The van der Waals surface area contributed by atoms with E-state index in [4.69, 9.17) is 32.7 Å². The molecule has 1 N–H and O–H groups in total. The molecule has 6 nitrogen and oxygen atoms in total. The standard InChI is InChI=1S/C24H19Cl2N3O3/c1-14-8-17(15(2)29(14)20-5-3-4-19(25)23(20)26)10-18(11-27)24(30)28-12-16-6-7-21-22(9-16)32-13-31-21/h3-10H,12-13H2,1-2H3,(H,28,30)/b18-10+. The highest BCUT2D eigenvalue weighted by Gasteiger charge is 2.17. The Morgan fingerprint density at radius 3 is 2.75 bits per heavy atom. The molecule has 2 aromatic carbocycles. The Kier molecular flexibility index (Phi) is 6.13. The van der Waals surface area contributed by atoms with Crippen LogP contribution in [0.2, 0.25) is 10.0 Å². The maximum absolute atomic E-state index is 12.7. The minimum absolute atomic E-state index is 0.00295. The molecule has 1 aliphatic rings. The number of hydrogen-bond donors (Lipinski definition) is 1. The van der Waals surface area contributed by atoms with Gasteiger partial charge in [0.25, 0.3) is 5.91 Å². The van der Waals surface area contributed by atoms with Crippen molar-refractivity contribution in [2.45, 2.75) is 20.4 Å². The highest BCUT2D eigenvalue weighted by molar-refractivity contribution is 6.43. The van der Waals surface area contributed by atoms with Crippen LogP contribution in [0.15, 0.2) is 48.0 Å². The molecule has 2 heterocycles. The van der Waals surface area contributed by atoms with Gasteiger partial charge in [-0.3, -0.25) is 4.79 Å². The second-order valence-electron chi connectivity index (χ2n) is 7.27. The van der Waals surface area contributed by atoms with Crippen LogP contribution in [0.25, 0.3) is 11.8 Å². The molecule has 0 saturated carbocycles. The van der Waals surface area contributed by atoms with Crippen molar-refractivity contribution >= 4 is 35.2 Å². The van der Waals surface area contributed by atoms with Gasteiger partial charge >= 0.3 is 0 Å². The van der Waals surface area contributed by atoms with Gasteiger partial charge in [-0.25, -0.2) is 0 Å². The third-order valence-electron chi connectivity index (χ3n) is 5.20. The molecular formula is C24H19Cl2N3O3. The summed E-state index contributed by atoms with van der Waals surface area (Å²) in [5, 5.41) is 13.3. The maximum Gasteiger partial charge on any atom is 0.262 e. The fourth-order valence-corrected chi connectivity index (χ4v) is 3.98. The molecule has 0 bridgehead atoms. The van der Waals surface area contributed by atoms with Gasteiger partial charge in [-0.1, -0.05) is 35.3 Å². The molecule has 1 aliphatic heterocycles. The third-order valence-corrected chi connectivity index (χ3v) is 6.01. The SMILES string of the molecule is Cc1cc(/C=C(\C#N)C(=O)NCc2ccc3c(c2)OCO3)c(C)n1-c1cccc(Cl)c1Cl. The van der Waals surface area contributed by atoms with Crippen LogP contribution in [-0.2, 0) is 11.3 Å². The largest absolute Gasteiger partial charge is 0.454 e. The van der Waals surface area contributed by atoms with Crippen LogP contribution in [0.1, 0.15) is 22.5 Å². The molecule has 8 heteroatoms. The maximum atomic E-state index is 12.7. The number of ether oxygens (including phenoxy) is 2. The van der Waals surface area contributed by atoms with Crippen LogP contribution in [-0.4, -0.2) is 17.3 Å². The van der Waals surface area contributed by atoms with E-state index >= 15 is 0 Å². The summed E-state index contributed by atoms with van der Waals surface area (Å²) in [6.07, 6.45) is 1.58. The number of halogens is 2. The van der Waals surface area contributed by atoms with Crippen LogP contribution >= 0.6 is 23.2 Å². The van der Waals surface area contributed by atoms with Gasteiger partial charge in [-0.15, -0.1) is 0 Å². The normalized spacial score (nSPS) is 12.5. The lowest BCUT2D eigenvalue weighted by atomic mass is 10.1. The molecule has 0 fully saturated rings. The van der Waals surface area contributed by atoms with Crippen LogP contribution in [0.3, 0.4) is 0 Å². The molecule has 0 aliphatic carbocycles. The summed E-state index contributed by atoms with van der Waals surface area (Å²) in [5.41, 5.74) is 4.06. The van der Waals surface area contributed by atoms with E-state index in [0.717, 1.165) is 28.2 Å². The number of nitrogens with zero attached hydrogens (tertiary/aromatic N) is 2. The zero-order chi connectivity index (χ0) is 22.8. The molecule has 162 valence electrons. The van der Waals surface area contributed by atoms with Gasteiger partial charge in [0, 0.05) is 17.9 Å². The lowest BCUT2D eigenvalue weighted by molar-refractivity contribution is -0.117. The van der Waals surface area contributed by atoms with Crippen molar-refractivity contribution in [3.8, 4) is 23.3 Å². The van der Waals surface area contributed by atoms with E-state index in [1.54, 1.807) is 24.3 Å². The van der Waals surface area contributed by atoms with Crippen molar-refractivity contribution in [2.24, 2.45) is 0 Å². The average Bonchev–Trinajstić information content (AvgIpc) is 3.36. The van der Waals surface area contributed by atoms with Crippen molar-refractivity contribution in [2.75, 3.05) is 6.79 Å². The summed E-state index contributed by atoms with van der Waals surface area (Å²) >= 11 is 12.6. The lowest BCUT2D eigenvalue weighted by Crippen LogP contribution is -2.23. The first-order valence-electron chi connectivity index (χ1n) is 9.81. The van der Waals surface area contributed by atoms with E-state index in [9.17, 15) is 10.1 Å². The van der Waals surface area contributed by atoms with Crippen molar-refractivity contribution in [3.05, 3.63) is 80.6 Å². The number of benzene rings is 2. The number of rotatable bonds is 5. The number of aromatic nitrogens is 1. The van der Waals surface area contributed by atoms with Gasteiger partial charge in [-0.05, 0) is 61.4 Å². The average molecular weight is 468 g/mol. The number of amides is 1. The molecule has 4 rings (SSSR count). The summed E-state index contributed by atoms with van der Waals surface area (Å²) in [6, 6.07) is 14.7. The predicted molar refractivity (Wildman–Crippen MR) is 123 cm³/mol. The zero-order valence-corrected chi connectivity index (χ0v) is 18.9. The van der Waals surface area contributed by atoms with Gasteiger partial charge in [0.15, 0.2) is 11.5 Å². The molecule has 3 aromatic rings. The lowest BCUT2D eigenvalue weighted by Gasteiger charge is -2.12. The van der Waals surface area contributed by atoms with E-state index in [1.165, 1.54) is 0 Å². The third kappa shape index (κ3) is 4.18. The number of hydrogen-bond acceptors (Lipinski definition) is 4. The summed E-state index contributed by atoms with van der Waals surface area (Å²) < 4.78 is 12.6. The summed E-state index contributed by atoms with van der Waals surface area (Å²) in [6.45, 7) is 4.26. The smallest absolute Gasteiger partial charge is 0.262 e. The molecule has 0 atom stereocenters. The number of carbonyl (C=O) groups excluding carboxylic acids is 1. The molecule has 0 radical (unpaired) electrons. The topological polar surface area (TPSA) is 76.3 Å². The van der Waals surface area contributed by atoms with Crippen LogP contribution < -0.4 is 14.8 Å². The second kappa shape index (κ2) is 8.99. The van der Waals surface area contributed by atoms with E-state index in [1.807, 2.05) is 48.7 Å². The molecule has 32 heavy (non-hydrogen) atoms. The van der Waals surface area contributed by atoms with Crippen molar-refractivity contribution in [3.63, 3.8) is 0 Å². The van der Waals surface area contributed by atoms with E-state index < -0.39 is 5.91 Å². The van der Waals surface area contributed by atoms with Crippen LogP contribution in [0.4, 0.5) is 0 Å². The Morgan fingerprint density at radius 1 is 1.19 bits per heavy atom. The Labute approximate surface area is 195 Å². The van der Waals surface area contributed by atoms with Gasteiger partial charge in [0.1, 0.15) is 11.6 Å². The number of aryl methyl sites for hydroxylation is 1. The van der Waals surface area contributed by atoms with E-state index in [-0.39, 0.29) is 18.9 Å². The summed E-state index contributed by atoms with van der Waals surface area (Å²) in [4.78, 5) is 12.7. The molecule has 1 amide bonds. The van der Waals surface area contributed by atoms with Crippen molar-refractivity contribution in [1.29, 1.82) is 5.26 Å². The van der Waals surface area contributed by atoms with E-state index in [0.29, 0.717) is 21.5 Å². The number of nitriles is 1. The first-order valence-corrected chi connectivity index (χ1v) is 10.6. The summed E-state index contributed by atoms with van der Waals surface area (Å²) in [7, 11) is 0. The fraction of sp³-hybridized carbons (Fsp3) is 0.167. The first-order chi connectivity index (χ1) is 15.4.